The molecule has 2 heteroatoms. The fourth-order valence-electron chi connectivity index (χ4n) is 1.88. The van der Waals surface area contributed by atoms with Crippen LogP contribution in [0.1, 0.15) is 47.5 Å². The zero-order chi connectivity index (χ0) is 12.8. The summed E-state index contributed by atoms with van der Waals surface area (Å²) < 4.78 is 0. The van der Waals surface area contributed by atoms with E-state index < -0.39 is 0 Å². The molecule has 0 radical (unpaired) electrons. The largest absolute Gasteiger partial charge is 0.313 e. The molecule has 0 aliphatic rings. The van der Waals surface area contributed by atoms with Crippen LogP contribution >= 0.6 is 0 Å². The molecule has 0 saturated heterocycles. The van der Waals surface area contributed by atoms with Gasteiger partial charge in [0.15, 0.2) is 0 Å². The summed E-state index contributed by atoms with van der Waals surface area (Å²) in [7, 11) is 4.30. The molecule has 16 heavy (non-hydrogen) atoms. The van der Waals surface area contributed by atoms with Gasteiger partial charge in [-0.25, -0.2) is 0 Å². The monoisotopic (exact) mass is 228 g/mol. The average molecular weight is 228 g/mol. The second kappa shape index (κ2) is 7.29. The minimum absolute atomic E-state index is 0.438. The Balaban J connectivity index is 3.92. The van der Waals surface area contributed by atoms with Crippen LogP contribution in [-0.2, 0) is 0 Å². The van der Waals surface area contributed by atoms with E-state index in [4.69, 9.17) is 0 Å². The molecule has 0 saturated carbocycles. The fraction of sp³-hybridized carbons (Fsp3) is 1.00. The molecule has 0 aliphatic carbocycles. The topological polar surface area (TPSA) is 15.3 Å². The lowest BCUT2D eigenvalue weighted by atomic mass is 9.92. The van der Waals surface area contributed by atoms with Gasteiger partial charge in [-0.05, 0) is 44.8 Å². The fourth-order valence-corrected chi connectivity index (χ4v) is 1.88. The van der Waals surface area contributed by atoms with Gasteiger partial charge >= 0.3 is 0 Å². The number of likely N-dealkylation sites (N-methyl/N-ethyl adjacent to an activating group) is 1. The highest BCUT2D eigenvalue weighted by atomic mass is 15.1. The Labute approximate surface area is 103 Å². The highest BCUT2D eigenvalue weighted by molar-refractivity contribution is 4.73. The zero-order valence-electron chi connectivity index (χ0n) is 12.4. The van der Waals surface area contributed by atoms with Gasteiger partial charge in [-0.2, -0.15) is 0 Å². The van der Waals surface area contributed by atoms with E-state index in [-0.39, 0.29) is 0 Å². The van der Waals surface area contributed by atoms with Crippen LogP contribution in [-0.4, -0.2) is 38.1 Å². The quantitative estimate of drug-likeness (QED) is 0.720. The van der Waals surface area contributed by atoms with Gasteiger partial charge in [0.05, 0.1) is 0 Å². The van der Waals surface area contributed by atoms with E-state index in [0.29, 0.717) is 11.5 Å². The smallest absolute Gasteiger partial charge is 0.0197 e. The second-order valence-electron chi connectivity index (χ2n) is 6.85. The molecule has 0 amide bonds. The molecular weight excluding hydrogens is 196 g/mol. The van der Waals surface area contributed by atoms with Crippen molar-refractivity contribution >= 4 is 0 Å². The van der Waals surface area contributed by atoms with E-state index in [1.807, 2.05) is 0 Å². The summed E-state index contributed by atoms with van der Waals surface area (Å²) >= 11 is 0. The SMILES string of the molecule is CC(C)CC(CN(C)C)NCCC(C)(C)C. The highest BCUT2D eigenvalue weighted by Gasteiger charge is 2.14. The first-order chi connectivity index (χ1) is 7.20. The molecule has 98 valence electrons. The Morgan fingerprint density at radius 3 is 2.06 bits per heavy atom. The van der Waals surface area contributed by atoms with E-state index in [1.165, 1.54) is 12.8 Å². The molecule has 1 atom stereocenters. The van der Waals surface area contributed by atoms with Gasteiger partial charge < -0.3 is 10.2 Å². The van der Waals surface area contributed by atoms with Gasteiger partial charge in [0.25, 0.3) is 0 Å². The zero-order valence-corrected chi connectivity index (χ0v) is 12.4. The van der Waals surface area contributed by atoms with Crippen molar-refractivity contribution in [1.29, 1.82) is 0 Å². The van der Waals surface area contributed by atoms with Crippen LogP contribution in [0.25, 0.3) is 0 Å². The predicted molar refractivity (Wildman–Crippen MR) is 73.9 cm³/mol. The maximum Gasteiger partial charge on any atom is 0.0197 e. The van der Waals surface area contributed by atoms with Gasteiger partial charge in [-0.15, -0.1) is 0 Å². The Bertz CT molecular complexity index is 158. The molecule has 0 fully saturated rings. The summed E-state index contributed by atoms with van der Waals surface area (Å²) in [4.78, 5) is 2.27. The van der Waals surface area contributed by atoms with Crippen LogP contribution in [0, 0.1) is 11.3 Å². The molecule has 2 nitrogen and oxygen atoms in total. The lowest BCUT2D eigenvalue weighted by molar-refractivity contribution is 0.287. The van der Waals surface area contributed by atoms with Crippen LogP contribution < -0.4 is 5.32 Å². The van der Waals surface area contributed by atoms with Crippen molar-refractivity contribution in [3.8, 4) is 0 Å². The third-order valence-corrected chi connectivity index (χ3v) is 2.65. The van der Waals surface area contributed by atoms with Gasteiger partial charge in [-0.3, -0.25) is 0 Å². The normalized spacial score (nSPS) is 14.8. The highest BCUT2D eigenvalue weighted by Crippen LogP contribution is 2.17. The summed E-state index contributed by atoms with van der Waals surface area (Å²) in [5.74, 6) is 0.770. The Kier molecular flexibility index (Phi) is 7.25. The van der Waals surface area contributed by atoms with Crippen LogP contribution in [0.4, 0.5) is 0 Å². The number of nitrogens with zero attached hydrogens (tertiary/aromatic N) is 1. The van der Waals surface area contributed by atoms with Gasteiger partial charge in [0.2, 0.25) is 0 Å². The predicted octanol–water partition coefficient (Wildman–Crippen LogP) is 2.99. The summed E-state index contributed by atoms with van der Waals surface area (Å²) in [6, 6.07) is 0.636. The van der Waals surface area contributed by atoms with Crippen molar-refractivity contribution in [2.24, 2.45) is 11.3 Å². The minimum atomic E-state index is 0.438. The Morgan fingerprint density at radius 1 is 1.12 bits per heavy atom. The Morgan fingerprint density at radius 2 is 1.69 bits per heavy atom. The molecule has 0 aromatic heterocycles. The average Bonchev–Trinajstić information content (AvgIpc) is 1.98. The van der Waals surface area contributed by atoms with Crippen LogP contribution in [0.2, 0.25) is 0 Å². The molecular formula is C14H32N2. The van der Waals surface area contributed by atoms with Crippen LogP contribution in [0.3, 0.4) is 0 Å². The summed E-state index contributed by atoms with van der Waals surface area (Å²) in [6.45, 7) is 13.8. The Hall–Kier alpha value is -0.0800. The van der Waals surface area contributed by atoms with E-state index in [0.717, 1.165) is 19.0 Å². The summed E-state index contributed by atoms with van der Waals surface area (Å²) in [5, 5.41) is 3.70. The van der Waals surface area contributed by atoms with Crippen molar-refractivity contribution in [3.05, 3.63) is 0 Å². The van der Waals surface area contributed by atoms with Crippen LogP contribution in [0.5, 0.6) is 0 Å². The third-order valence-electron chi connectivity index (χ3n) is 2.65. The minimum Gasteiger partial charge on any atom is -0.313 e. The van der Waals surface area contributed by atoms with Crippen molar-refractivity contribution in [2.75, 3.05) is 27.2 Å². The van der Waals surface area contributed by atoms with E-state index >= 15 is 0 Å². The lowest BCUT2D eigenvalue weighted by Crippen LogP contribution is -2.40. The number of rotatable bonds is 7. The maximum absolute atomic E-state index is 3.70. The summed E-state index contributed by atoms with van der Waals surface area (Å²) in [6.07, 6.45) is 2.51. The number of hydrogen-bond donors (Lipinski definition) is 1. The molecule has 0 spiro atoms. The van der Waals surface area contributed by atoms with E-state index in [1.54, 1.807) is 0 Å². The molecule has 0 rings (SSSR count). The molecule has 1 N–H and O–H groups in total. The second-order valence-corrected chi connectivity index (χ2v) is 6.85. The number of nitrogens with one attached hydrogen (secondary N) is 1. The molecule has 0 aliphatic heterocycles. The third kappa shape index (κ3) is 10.4. The van der Waals surface area contributed by atoms with Crippen molar-refractivity contribution in [2.45, 2.75) is 53.5 Å². The van der Waals surface area contributed by atoms with Crippen molar-refractivity contribution in [1.82, 2.24) is 10.2 Å². The molecule has 0 bridgehead atoms. The van der Waals surface area contributed by atoms with E-state index in [2.05, 4.69) is 58.9 Å². The molecule has 0 aromatic rings. The standard InChI is InChI=1S/C14H32N2/c1-12(2)10-13(11-16(6)7)15-9-8-14(3,4)5/h12-13,15H,8-11H2,1-7H3. The first-order valence-electron chi connectivity index (χ1n) is 6.59. The molecule has 0 aromatic carbocycles. The van der Waals surface area contributed by atoms with Gasteiger partial charge in [0.1, 0.15) is 0 Å². The molecule has 0 heterocycles. The van der Waals surface area contributed by atoms with Crippen LogP contribution in [0.15, 0.2) is 0 Å². The van der Waals surface area contributed by atoms with Crippen molar-refractivity contribution < 1.29 is 0 Å². The summed E-state index contributed by atoms with van der Waals surface area (Å²) in [5.41, 5.74) is 0.438. The van der Waals surface area contributed by atoms with Gasteiger partial charge in [0, 0.05) is 12.6 Å². The maximum atomic E-state index is 3.70. The number of hydrogen-bond acceptors (Lipinski definition) is 2. The van der Waals surface area contributed by atoms with E-state index in [9.17, 15) is 0 Å². The first-order valence-corrected chi connectivity index (χ1v) is 6.59. The first kappa shape index (κ1) is 15.9. The van der Waals surface area contributed by atoms with Crippen molar-refractivity contribution in [3.63, 3.8) is 0 Å². The molecule has 1 unspecified atom stereocenters. The van der Waals surface area contributed by atoms with Gasteiger partial charge in [-0.1, -0.05) is 34.6 Å². The lowest BCUT2D eigenvalue weighted by Gasteiger charge is -2.26.